The lowest BCUT2D eigenvalue weighted by atomic mass is 9.65. The summed E-state index contributed by atoms with van der Waals surface area (Å²) in [5, 5.41) is 0. The van der Waals surface area contributed by atoms with Gasteiger partial charge in [-0.25, -0.2) is 4.39 Å². The topological polar surface area (TPSA) is 17.1 Å². The summed E-state index contributed by atoms with van der Waals surface area (Å²) in [5.74, 6) is -0.312. The number of carbonyl (C=O) groups is 1. The minimum atomic E-state index is -0.478. The van der Waals surface area contributed by atoms with Gasteiger partial charge in [-0.05, 0) is 50.3 Å². The fourth-order valence-corrected chi connectivity index (χ4v) is 3.04. The number of ketones is 1. The summed E-state index contributed by atoms with van der Waals surface area (Å²) in [7, 11) is 0. The first kappa shape index (κ1) is 13.7. The number of Topliss-reactive ketones (excluding diaryl/α,β-unsaturated/α-hetero) is 1. The largest absolute Gasteiger partial charge is 0.294 e. The average Bonchev–Trinajstić information content (AvgIpc) is 2.34. The van der Waals surface area contributed by atoms with E-state index in [1.165, 1.54) is 12.1 Å². The number of allylic oxidation sites excluding steroid dienone is 2. The molecule has 0 heterocycles. The summed E-state index contributed by atoms with van der Waals surface area (Å²) >= 11 is 0. The van der Waals surface area contributed by atoms with Gasteiger partial charge in [0.1, 0.15) is 5.82 Å². The van der Waals surface area contributed by atoms with Crippen molar-refractivity contribution in [1.82, 2.24) is 0 Å². The van der Waals surface area contributed by atoms with Crippen molar-refractivity contribution in [2.45, 2.75) is 32.6 Å². The smallest absolute Gasteiger partial charge is 0.170 e. The van der Waals surface area contributed by atoms with Gasteiger partial charge in [0.05, 0.1) is 0 Å². The molecule has 0 aliphatic heterocycles. The van der Waals surface area contributed by atoms with E-state index >= 15 is 0 Å². The predicted octanol–water partition coefficient (Wildman–Crippen LogP) is 4.48. The Labute approximate surface area is 113 Å². The highest BCUT2D eigenvalue weighted by Crippen LogP contribution is 2.43. The summed E-state index contributed by atoms with van der Waals surface area (Å²) in [5.41, 5.74) is 1.99. The molecular formula is C17H19FO. The number of carbonyl (C=O) groups excluding carboxylic acids is 1. The van der Waals surface area contributed by atoms with E-state index in [0.717, 1.165) is 24.0 Å². The summed E-state index contributed by atoms with van der Waals surface area (Å²) in [6, 6.07) is 4.51. The van der Waals surface area contributed by atoms with Crippen molar-refractivity contribution in [3.8, 4) is 0 Å². The van der Waals surface area contributed by atoms with Gasteiger partial charge >= 0.3 is 0 Å². The molecule has 2 rings (SSSR count). The molecule has 0 radical (unpaired) electrons. The fraction of sp³-hybridized carbons (Fsp3) is 0.353. The Morgan fingerprint density at radius 2 is 2.26 bits per heavy atom. The van der Waals surface area contributed by atoms with Crippen molar-refractivity contribution in [3.05, 3.63) is 60.0 Å². The van der Waals surface area contributed by atoms with Crippen LogP contribution in [0.25, 0.3) is 0 Å². The predicted molar refractivity (Wildman–Crippen MR) is 75.7 cm³/mol. The summed E-state index contributed by atoms with van der Waals surface area (Å²) in [4.78, 5) is 12.8. The van der Waals surface area contributed by atoms with Crippen molar-refractivity contribution >= 4 is 5.78 Å². The number of hydrogen-bond donors (Lipinski definition) is 0. The zero-order valence-electron chi connectivity index (χ0n) is 11.3. The molecule has 1 aliphatic rings. The molecular weight excluding hydrogens is 239 g/mol. The molecule has 1 unspecified atom stereocenters. The molecule has 100 valence electrons. The van der Waals surface area contributed by atoms with Crippen LogP contribution in [0.3, 0.4) is 0 Å². The van der Waals surface area contributed by atoms with Crippen LogP contribution in [0.5, 0.6) is 0 Å². The Balaban J connectivity index is 2.46. The standard InChI is InChI=1S/C17H19FO/c1-4-8-17(11-12(2)3)9-7-13-5-6-14(18)10-15(13)16(17)19/h4-6,10H,1-2,7-9,11H2,3H3. The molecule has 1 aromatic carbocycles. The minimum Gasteiger partial charge on any atom is -0.294 e. The van der Waals surface area contributed by atoms with Gasteiger partial charge in [0, 0.05) is 11.0 Å². The number of fused-ring (bicyclic) bond motifs is 1. The van der Waals surface area contributed by atoms with Gasteiger partial charge in [-0.3, -0.25) is 4.79 Å². The van der Waals surface area contributed by atoms with Crippen molar-refractivity contribution in [2.24, 2.45) is 5.41 Å². The van der Waals surface area contributed by atoms with Crippen LogP contribution in [-0.4, -0.2) is 5.78 Å². The molecule has 0 amide bonds. The minimum absolute atomic E-state index is 0.0381. The lowest BCUT2D eigenvalue weighted by Gasteiger charge is -2.36. The molecule has 0 aromatic heterocycles. The van der Waals surface area contributed by atoms with Gasteiger partial charge < -0.3 is 0 Å². The van der Waals surface area contributed by atoms with E-state index < -0.39 is 5.41 Å². The number of rotatable bonds is 4. The third kappa shape index (κ3) is 2.53. The molecule has 19 heavy (non-hydrogen) atoms. The number of halogens is 1. The third-order valence-corrected chi connectivity index (χ3v) is 3.85. The van der Waals surface area contributed by atoms with E-state index in [2.05, 4.69) is 13.2 Å². The fourth-order valence-electron chi connectivity index (χ4n) is 3.04. The van der Waals surface area contributed by atoms with Crippen LogP contribution in [0, 0.1) is 11.2 Å². The van der Waals surface area contributed by atoms with Gasteiger partial charge in [-0.1, -0.05) is 17.7 Å². The van der Waals surface area contributed by atoms with Crippen LogP contribution < -0.4 is 0 Å². The average molecular weight is 258 g/mol. The first-order chi connectivity index (χ1) is 8.98. The molecule has 1 atom stereocenters. The molecule has 0 fully saturated rings. The molecule has 1 aromatic rings. The van der Waals surface area contributed by atoms with E-state index in [-0.39, 0.29) is 11.6 Å². The Kier molecular flexibility index (Phi) is 3.70. The van der Waals surface area contributed by atoms with Crippen LogP contribution in [-0.2, 0) is 6.42 Å². The quantitative estimate of drug-likeness (QED) is 0.727. The third-order valence-electron chi connectivity index (χ3n) is 3.85. The summed E-state index contributed by atoms with van der Waals surface area (Å²) in [6.45, 7) is 9.61. The Morgan fingerprint density at radius 1 is 1.53 bits per heavy atom. The van der Waals surface area contributed by atoms with E-state index in [9.17, 15) is 9.18 Å². The van der Waals surface area contributed by atoms with E-state index in [4.69, 9.17) is 0 Å². The van der Waals surface area contributed by atoms with Gasteiger partial charge in [-0.15, -0.1) is 13.2 Å². The SMILES string of the molecule is C=CCC1(CC(=C)C)CCc2ccc(F)cc2C1=O. The van der Waals surface area contributed by atoms with E-state index in [1.807, 2.05) is 6.92 Å². The maximum atomic E-state index is 13.4. The Morgan fingerprint density at radius 3 is 2.89 bits per heavy atom. The highest BCUT2D eigenvalue weighted by atomic mass is 19.1. The zero-order valence-corrected chi connectivity index (χ0v) is 11.3. The Bertz CT molecular complexity index is 544. The number of hydrogen-bond acceptors (Lipinski definition) is 1. The molecule has 0 saturated carbocycles. The van der Waals surface area contributed by atoms with Crippen LogP contribution in [0.2, 0.25) is 0 Å². The second-order valence-electron chi connectivity index (χ2n) is 5.54. The van der Waals surface area contributed by atoms with Crippen molar-refractivity contribution in [3.63, 3.8) is 0 Å². The molecule has 1 aliphatic carbocycles. The molecule has 0 bridgehead atoms. The van der Waals surface area contributed by atoms with E-state index in [1.54, 1.807) is 12.1 Å². The number of benzene rings is 1. The molecule has 0 spiro atoms. The normalized spacial score (nSPS) is 21.9. The van der Waals surface area contributed by atoms with Gasteiger partial charge in [-0.2, -0.15) is 0 Å². The van der Waals surface area contributed by atoms with Crippen LogP contribution in [0.15, 0.2) is 43.0 Å². The maximum absolute atomic E-state index is 13.4. The second-order valence-corrected chi connectivity index (χ2v) is 5.54. The van der Waals surface area contributed by atoms with Crippen LogP contribution in [0.1, 0.15) is 42.1 Å². The lowest BCUT2D eigenvalue weighted by Crippen LogP contribution is -2.36. The Hall–Kier alpha value is -1.70. The van der Waals surface area contributed by atoms with Crippen LogP contribution >= 0.6 is 0 Å². The maximum Gasteiger partial charge on any atom is 0.170 e. The van der Waals surface area contributed by atoms with Crippen LogP contribution in [0.4, 0.5) is 4.39 Å². The summed E-state index contributed by atoms with van der Waals surface area (Å²) < 4.78 is 13.4. The second kappa shape index (κ2) is 5.12. The first-order valence-electron chi connectivity index (χ1n) is 6.57. The zero-order chi connectivity index (χ0) is 14.0. The number of aryl methyl sites for hydroxylation is 1. The monoisotopic (exact) mass is 258 g/mol. The highest BCUT2D eigenvalue weighted by molar-refractivity contribution is 6.03. The summed E-state index contributed by atoms with van der Waals surface area (Å²) in [6.07, 6.45) is 4.64. The highest BCUT2D eigenvalue weighted by Gasteiger charge is 2.41. The molecule has 1 nitrogen and oxygen atoms in total. The van der Waals surface area contributed by atoms with Crippen molar-refractivity contribution in [1.29, 1.82) is 0 Å². The van der Waals surface area contributed by atoms with Gasteiger partial charge in [0.2, 0.25) is 0 Å². The molecule has 0 saturated heterocycles. The van der Waals surface area contributed by atoms with Crippen molar-refractivity contribution in [2.75, 3.05) is 0 Å². The van der Waals surface area contributed by atoms with Crippen molar-refractivity contribution < 1.29 is 9.18 Å². The van der Waals surface area contributed by atoms with Gasteiger partial charge in [0.15, 0.2) is 5.78 Å². The first-order valence-corrected chi connectivity index (χ1v) is 6.57. The van der Waals surface area contributed by atoms with Gasteiger partial charge in [0.25, 0.3) is 0 Å². The molecule has 0 N–H and O–H groups in total. The lowest BCUT2D eigenvalue weighted by molar-refractivity contribution is 0.0757. The van der Waals surface area contributed by atoms with E-state index in [0.29, 0.717) is 18.4 Å². The molecule has 2 heteroatoms.